The molecule has 3 rings (SSSR count). The lowest BCUT2D eigenvalue weighted by Crippen LogP contribution is -2.52. The second-order valence-corrected chi connectivity index (χ2v) is 10.0. The molecule has 1 aromatic rings. The van der Waals surface area contributed by atoms with Gasteiger partial charge in [0.15, 0.2) is 0 Å². The quantitative estimate of drug-likeness (QED) is 0.432. The highest BCUT2D eigenvalue weighted by atomic mass is 32.2. The van der Waals surface area contributed by atoms with Crippen molar-refractivity contribution >= 4 is 51.8 Å². The molecule has 2 aliphatic rings. The van der Waals surface area contributed by atoms with Gasteiger partial charge in [-0.2, -0.15) is 0 Å². The Morgan fingerprint density at radius 1 is 1.10 bits per heavy atom. The van der Waals surface area contributed by atoms with Gasteiger partial charge in [0.1, 0.15) is 11.5 Å². The zero-order valence-electron chi connectivity index (χ0n) is 16.9. The second kappa shape index (κ2) is 9.30. The summed E-state index contributed by atoms with van der Waals surface area (Å²) in [6.45, 7) is 5.11. The summed E-state index contributed by atoms with van der Waals surface area (Å²) in [5.41, 5.74) is 1.39. The maximum atomic E-state index is 12.7. The third-order valence-corrected chi connectivity index (χ3v) is 7.52. The average Bonchev–Trinajstić information content (AvgIpc) is 2.84. The summed E-state index contributed by atoms with van der Waals surface area (Å²) < 4.78 is 5.22. The van der Waals surface area contributed by atoms with Crippen LogP contribution in [0.4, 0.5) is 5.00 Å². The molecule has 1 N–H and O–H groups in total. The van der Waals surface area contributed by atoms with Crippen LogP contribution < -0.4 is 5.32 Å². The molecule has 1 aliphatic carbocycles. The van der Waals surface area contributed by atoms with Crippen molar-refractivity contribution in [2.24, 2.45) is 0 Å². The number of nitrogens with one attached hydrogen (secondary N) is 1. The number of carbonyl (C=O) groups excluding carboxylic acids is 4. The predicted molar refractivity (Wildman–Crippen MR) is 113 cm³/mol. The first-order chi connectivity index (χ1) is 13.8. The maximum Gasteiger partial charge on any atom is 0.341 e. The van der Waals surface area contributed by atoms with Crippen LogP contribution >= 0.6 is 23.1 Å². The number of thiophene rings is 1. The van der Waals surface area contributed by atoms with E-state index in [9.17, 15) is 19.2 Å². The van der Waals surface area contributed by atoms with Gasteiger partial charge in [-0.15, -0.1) is 23.1 Å². The lowest BCUT2D eigenvalue weighted by Gasteiger charge is -2.31. The van der Waals surface area contributed by atoms with Crippen LogP contribution in [0.5, 0.6) is 0 Å². The minimum atomic E-state index is -0.486. The Bertz CT molecular complexity index is 815. The number of thioether (sulfide) groups is 1. The number of hydrogen-bond acceptors (Lipinski definition) is 7. The monoisotopic (exact) mass is 438 g/mol. The number of amides is 3. The van der Waals surface area contributed by atoms with E-state index in [1.165, 1.54) is 23.1 Å². The molecular formula is C20H26N2O5S2. The first-order valence-corrected chi connectivity index (χ1v) is 11.7. The Morgan fingerprint density at radius 3 is 2.41 bits per heavy atom. The average molecular weight is 439 g/mol. The molecule has 1 aliphatic heterocycles. The molecule has 3 amide bonds. The second-order valence-electron chi connectivity index (χ2n) is 7.22. The molecule has 0 bridgehead atoms. The molecule has 0 spiro atoms. The van der Waals surface area contributed by atoms with Crippen molar-refractivity contribution in [3.05, 3.63) is 16.0 Å². The number of carbonyl (C=O) groups is 4. The van der Waals surface area contributed by atoms with Crippen molar-refractivity contribution in [1.82, 2.24) is 4.90 Å². The molecule has 9 heteroatoms. The van der Waals surface area contributed by atoms with Crippen LogP contribution in [0.15, 0.2) is 0 Å². The van der Waals surface area contributed by atoms with E-state index in [2.05, 4.69) is 5.32 Å². The number of nitrogens with zero attached hydrogens (tertiary/aromatic N) is 1. The predicted octanol–water partition coefficient (Wildman–Crippen LogP) is 3.01. The van der Waals surface area contributed by atoms with Gasteiger partial charge in [-0.05, 0) is 52.0 Å². The minimum Gasteiger partial charge on any atom is -0.462 e. The molecule has 0 aromatic carbocycles. The zero-order chi connectivity index (χ0) is 21.1. The van der Waals surface area contributed by atoms with Crippen LogP contribution in [-0.4, -0.2) is 52.2 Å². The standard InChI is InChI=1S/C20H26N2O5S2/c1-4-27-20(26)16-13-8-6-5-7-9-14(13)29-17(16)21-15(23)10-22-18(24)11(2)28-12(3)19(22)25/h11-12H,4-10H2,1-3H3,(H,21,23)/t11-,12-/m1/s1. The number of fused-ring (bicyclic) bond motifs is 1. The fourth-order valence-electron chi connectivity index (χ4n) is 3.69. The summed E-state index contributed by atoms with van der Waals surface area (Å²) in [5, 5.41) is 2.48. The van der Waals surface area contributed by atoms with Gasteiger partial charge in [0, 0.05) is 4.88 Å². The third-order valence-electron chi connectivity index (χ3n) is 5.09. The Labute approximate surface area is 178 Å². The van der Waals surface area contributed by atoms with Crippen LogP contribution in [0.1, 0.15) is 60.8 Å². The highest BCUT2D eigenvalue weighted by Crippen LogP contribution is 2.38. The van der Waals surface area contributed by atoms with E-state index in [1.807, 2.05) is 0 Å². The summed E-state index contributed by atoms with van der Waals surface area (Å²) >= 11 is 2.69. The highest BCUT2D eigenvalue weighted by Gasteiger charge is 2.38. The van der Waals surface area contributed by atoms with Crippen LogP contribution in [0, 0.1) is 0 Å². The van der Waals surface area contributed by atoms with E-state index in [0.717, 1.165) is 47.4 Å². The highest BCUT2D eigenvalue weighted by molar-refractivity contribution is 8.02. The molecule has 0 radical (unpaired) electrons. The first kappa shape index (κ1) is 21.8. The van der Waals surface area contributed by atoms with Gasteiger partial charge in [-0.25, -0.2) is 4.79 Å². The number of esters is 1. The van der Waals surface area contributed by atoms with Gasteiger partial charge in [-0.3, -0.25) is 19.3 Å². The van der Waals surface area contributed by atoms with Crippen LogP contribution in [0.25, 0.3) is 0 Å². The number of rotatable bonds is 5. The van der Waals surface area contributed by atoms with Crippen molar-refractivity contribution in [3.8, 4) is 0 Å². The van der Waals surface area contributed by atoms with E-state index in [4.69, 9.17) is 4.74 Å². The van der Waals surface area contributed by atoms with E-state index < -0.39 is 11.9 Å². The molecule has 2 heterocycles. The number of aryl methyl sites for hydroxylation is 1. The minimum absolute atomic E-state index is 0.251. The van der Waals surface area contributed by atoms with Crippen molar-refractivity contribution in [2.45, 2.75) is 63.4 Å². The van der Waals surface area contributed by atoms with Gasteiger partial charge >= 0.3 is 5.97 Å². The van der Waals surface area contributed by atoms with Crippen molar-refractivity contribution in [1.29, 1.82) is 0 Å². The molecule has 1 aromatic heterocycles. The van der Waals surface area contributed by atoms with Gasteiger partial charge < -0.3 is 10.1 Å². The van der Waals surface area contributed by atoms with E-state index in [-0.39, 0.29) is 35.5 Å². The molecule has 1 saturated heterocycles. The number of imide groups is 1. The van der Waals surface area contributed by atoms with Gasteiger partial charge in [0.25, 0.3) is 0 Å². The smallest absolute Gasteiger partial charge is 0.341 e. The Hall–Kier alpha value is -1.87. The Balaban J connectivity index is 1.82. The maximum absolute atomic E-state index is 12.7. The third kappa shape index (κ3) is 4.66. The van der Waals surface area contributed by atoms with Crippen molar-refractivity contribution < 1.29 is 23.9 Å². The van der Waals surface area contributed by atoms with Crippen LogP contribution in [0.2, 0.25) is 0 Å². The lowest BCUT2D eigenvalue weighted by molar-refractivity contribution is -0.147. The first-order valence-electron chi connectivity index (χ1n) is 9.95. The van der Waals surface area contributed by atoms with Crippen LogP contribution in [-0.2, 0) is 32.0 Å². The summed E-state index contributed by atoms with van der Waals surface area (Å²) in [6.07, 6.45) is 4.81. The van der Waals surface area contributed by atoms with Gasteiger partial charge in [0.05, 0.1) is 22.7 Å². The summed E-state index contributed by atoms with van der Waals surface area (Å²) in [7, 11) is 0. The lowest BCUT2D eigenvalue weighted by atomic mass is 10.1. The normalized spacial score (nSPS) is 22.1. The fourth-order valence-corrected chi connectivity index (χ4v) is 6.08. The van der Waals surface area contributed by atoms with E-state index in [1.54, 1.807) is 20.8 Å². The molecule has 158 valence electrons. The molecule has 29 heavy (non-hydrogen) atoms. The zero-order valence-corrected chi connectivity index (χ0v) is 18.5. The van der Waals surface area contributed by atoms with Crippen LogP contribution in [0.3, 0.4) is 0 Å². The molecule has 0 saturated carbocycles. The SMILES string of the molecule is CCOC(=O)c1c(NC(=O)CN2C(=O)[C@@H](C)S[C@H](C)C2=O)sc2c1CCCCC2. The largest absolute Gasteiger partial charge is 0.462 e. The molecule has 7 nitrogen and oxygen atoms in total. The Morgan fingerprint density at radius 2 is 1.76 bits per heavy atom. The van der Waals surface area contributed by atoms with E-state index >= 15 is 0 Å². The molecule has 2 atom stereocenters. The summed E-state index contributed by atoms with van der Waals surface area (Å²) in [6, 6.07) is 0. The molecule has 1 fully saturated rings. The number of ether oxygens (including phenoxy) is 1. The fraction of sp³-hybridized carbons (Fsp3) is 0.600. The number of hydrogen-bond donors (Lipinski definition) is 1. The Kier molecular flexibility index (Phi) is 7.00. The van der Waals surface area contributed by atoms with Gasteiger partial charge in [-0.1, -0.05) is 6.42 Å². The summed E-state index contributed by atoms with van der Waals surface area (Å²) in [4.78, 5) is 52.1. The molecular weight excluding hydrogens is 412 g/mol. The van der Waals surface area contributed by atoms with Crippen molar-refractivity contribution in [3.63, 3.8) is 0 Å². The van der Waals surface area contributed by atoms with Crippen molar-refractivity contribution in [2.75, 3.05) is 18.5 Å². The molecule has 0 unspecified atom stereocenters. The van der Waals surface area contributed by atoms with E-state index in [0.29, 0.717) is 10.6 Å². The topological polar surface area (TPSA) is 92.8 Å². The number of anilines is 1. The van der Waals surface area contributed by atoms with Gasteiger partial charge in [0.2, 0.25) is 17.7 Å². The summed E-state index contributed by atoms with van der Waals surface area (Å²) in [5.74, 6) is -1.65.